The third-order valence-electron chi connectivity index (χ3n) is 3.86. The molecule has 0 aromatic carbocycles. The second-order valence-electron chi connectivity index (χ2n) is 5.40. The molecular weight excluding hydrogens is 288 g/mol. The lowest BCUT2D eigenvalue weighted by Crippen LogP contribution is -2.44. The number of halogens is 1. The number of piperidine rings is 1. The molecule has 1 saturated heterocycles. The number of aromatic nitrogens is 1. The molecule has 5 nitrogen and oxygen atoms in total. The topological polar surface area (TPSA) is 57.3 Å². The maximum Gasteiger partial charge on any atom is 0.238 e. The Labute approximate surface area is 131 Å². The van der Waals surface area contributed by atoms with Gasteiger partial charge in [0.2, 0.25) is 5.91 Å². The molecule has 0 aliphatic carbocycles. The molecule has 0 bridgehead atoms. The summed E-state index contributed by atoms with van der Waals surface area (Å²) in [6.07, 6.45) is 6.27. The van der Waals surface area contributed by atoms with Crippen LogP contribution >= 0.6 is 11.6 Å². The first kappa shape index (κ1) is 16.2. The van der Waals surface area contributed by atoms with Gasteiger partial charge in [0.15, 0.2) is 5.15 Å². The molecule has 0 spiro atoms. The summed E-state index contributed by atoms with van der Waals surface area (Å²) in [7, 11) is 1.96. The fraction of sp³-hybridized carbons (Fsp3) is 0.600. The Hall–Kier alpha value is -1.17. The number of likely N-dealkylation sites (tertiary alicyclic amines) is 1. The molecule has 1 unspecified atom stereocenters. The first-order valence-corrected chi connectivity index (χ1v) is 7.87. The van der Waals surface area contributed by atoms with Crippen molar-refractivity contribution in [2.24, 2.45) is 0 Å². The summed E-state index contributed by atoms with van der Waals surface area (Å²) in [5, 5.41) is 6.36. The van der Waals surface area contributed by atoms with Gasteiger partial charge in [0.25, 0.3) is 0 Å². The van der Waals surface area contributed by atoms with E-state index in [-0.39, 0.29) is 5.91 Å². The van der Waals surface area contributed by atoms with Crippen LogP contribution in [0.25, 0.3) is 0 Å². The van der Waals surface area contributed by atoms with Gasteiger partial charge in [-0.3, -0.25) is 9.69 Å². The highest BCUT2D eigenvalue weighted by molar-refractivity contribution is 6.32. The number of pyridine rings is 1. The Kier molecular flexibility index (Phi) is 6.42. The normalized spacial score (nSPS) is 19.4. The van der Waals surface area contributed by atoms with Crippen LogP contribution in [-0.2, 0) is 4.79 Å². The average molecular weight is 311 g/mol. The van der Waals surface area contributed by atoms with Gasteiger partial charge < -0.3 is 10.6 Å². The van der Waals surface area contributed by atoms with Gasteiger partial charge in [-0.15, -0.1) is 0 Å². The van der Waals surface area contributed by atoms with Crippen molar-refractivity contribution >= 4 is 23.2 Å². The highest BCUT2D eigenvalue weighted by Gasteiger charge is 2.23. The van der Waals surface area contributed by atoms with Gasteiger partial charge >= 0.3 is 0 Å². The third-order valence-corrected chi connectivity index (χ3v) is 4.16. The van der Waals surface area contributed by atoms with Gasteiger partial charge in [-0.05, 0) is 51.5 Å². The Balaban J connectivity index is 1.89. The van der Waals surface area contributed by atoms with Crippen LogP contribution in [0, 0.1) is 0 Å². The van der Waals surface area contributed by atoms with Crippen LogP contribution in [0.2, 0.25) is 5.15 Å². The standard InChI is InChI=1S/C15H23ClN4O/c1-17-9-7-12-5-2-3-10-20(12)11-14(21)19-13-6-4-8-18-15(13)16/h4,6,8,12,17H,2-3,5,7,9-11H2,1H3,(H,19,21). The lowest BCUT2D eigenvalue weighted by Gasteiger charge is -2.35. The van der Waals surface area contributed by atoms with E-state index in [2.05, 4.69) is 20.5 Å². The van der Waals surface area contributed by atoms with Crippen LogP contribution in [0.15, 0.2) is 18.3 Å². The fourth-order valence-electron chi connectivity index (χ4n) is 2.76. The summed E-state index contributed by atoms with van der Waals surface area (Å²) in [6, 6.07) is 4.02. The average Bonchev–Trinajstić information content (AvgIpc) is 2.49. The molecule has 2 heterocycles. The van der Waals surface area contributed by atoms with E-state index in [1.807, 2.05) is 7.05 Å². The maximum absolute atomic E-state index is 12.2. The molecule has 6 heteroatoms. The van der Waals surface area contributed by atoms with Crippen molar-refractivity contribution in [2.75, 3.05) is 32.0 Å². The van der Waals surface area contributed by atoms with Crippen molar-refractivity contribution in [1.82, 2.24) is 15.2 Å². The predicted molar refractivity (Wildman–Crippen MR) is 85.6 cm³/mol. The van der Waals surface area contributed by atoms with E-state index in [0.717, 1.165) is 25.9 Å². The fourth-order valence-corrected chi connectivity index (χ4v) is 2.93. The summed E-state index contributed by atoms with van der Waals surface area (Å²) in [6.45, 7) is 2.39. The van der Waals surface area contributed by atoms with E-state index >= 15 is 0 Å². The highest BCUT2D eigenvalue weighted by atomic mass is 35.5. The zero-order chi connectivity index (χ0) is 15.1. The van der Waals surface area contributed by atoms with Gasteiger partial charge in [-0.25, -0.2) is 4.98 Å². The largest absolute Gasteiger partial charge is 0.322 e. The van der Waals surface area contributed by atoms with Crippen molar-refractivity contribution in [3.63, 3.8) is 0 Å². The second-order valence-corrected chi connectivity index (χ2v) is 5.76. The van der Waals surface area contributed by atoms with Gasteiger partial charge in [0.05, 0.1) is 12.2 Å². The van der Waals surface area contributed by atoms with Crippen LogP contribution in [0.3, 0.4) is 0 Å². The van der Waals surface area contributed by atoms with Gasteiger partial charge in [-0.2, -0.15) is 0 Å². The van der Waals surface area contributed by atoms with E-state index in [9.17, 15) is 4.79 Å². The van der Waals surface area contributed by atoms with Crippen molar-refractivity contribution in [2.45, 2.75) is 31.7 Å². The number of nitrogens with zero attached hydrogens (tertiary/aromatic N) is 2. The van der Waals surface area contributed by atoms with Crippen molar-refractivity contribution in [3.05, 3.63) is 23.5 Å². The molecule has 1 aliphatic rings. The second kappa shape index (κ2) is 8.32. The number of nitrogens with one attached hydrogen (secondary N) is 2. The van der Waals surface area contributed by atoms with Gasteiger partial charge in [0.1, 0.15) is 0 Å². The van der Waals surface area contributed by atoms with Crippen LogP contribution < -0.4 is 10.6 Å². The quantitative estimate of drug-likeness (QED) is 0.790. The molecule has 1 atom stereocenters. The van der Waals surface area contributed by atoms with Crippen molar-refractivity contribution in [3.8, 4) is 0 Å². The van der Waals surface area contributed by atoms with Gasteiger partial charge in [0, 0.05) is 12.2 Å². The van der Waals surface area contributed by atoms with E-state index in [4.69, 9.17) is 11.6 Å². The van der Waals surface area contributed by atoms with E-state index in [1.165, 1.54) is 12.8 Å². The van der Waals surface area contributed by atoms with E-state index < -0.39 is 0 Å². The first-order valence-electron chi connectivity index (χ1n) is 7.49. The molecule has 0 saturated carbocycles. The number of carbonyl (C=O) groups excluding carboxylic acids is 1. The molecular formula is C15H23ClN4O. The molecule has 1 fully saturated rings. The Morgan fingerprint density at radius 1 is 1.52 bits per heavy atom. The van der Waals surface area contributed by atoms with Crippen LogP contribution in [-0.4, -0.2) is 48.5 Å². The summed E-state index contributed by atoms with van der Waals surface area (Å²) in [5.74, 6) is -0.0266. The number of rotatable bonds is 6. The number of amides is 1. The minimum atomic E-state index is -0.0266. The lowest BCUT2D eigenvalue weighted by molar-refractivity contribution is -0.118. The number of anilines is 1. The van der Waals surface area contributed by atoms with Crippen LogP contribution in [0.5, 0.6) is 0 Å². The predicted octanol–water partition coefficient (Wildman–Crippen LogP) is 2.14. The number of carbonyl (C=O) groups is 1. The zero-order valence-corrected chi connectivity index (χ0v) is 13.2. The Morgan fingerprint density at radius 3 is 3.14 bits per heavy atom. The smallest absolute Gasteiger partial charge is 0.238 e. The monoisotopic (exact) mass is 310 g/mol. The highest BCUT2D eigenvalue weighted by Crippen LogP contribution is 2.20. The van der Waals surface area contributed by atoms with Crippen LogP contribution in [0.1, 0.15) is 25.7 Å². The molecule has 1 amide bonds. The number of hydrogen-bond donors (Lipinski definition) is 2. The molecule has 2 rings (SSSR count). The molecule has 1 aromatic rings. The van der Waals surface area contributed by atoms with Gasteiger partial charge in [-0.1, -0.05) is 18.0 Å². The first-order chi connectivity index (χ1) is 10.2. The summed E-state index contributed by atoms with van der Waals surface area (Å²) < 4.78 is 0. The number of hydrogen-bond acceptors (Lipinski definition) is 4. The molecule has 116 valence electrons. The molecule has 21 heavy (non-hydrogen) atoms. The SMILES string of the molecule is CNCCC1CCCCN1CC(=O)Nc1cccnc1Cl. The summed E-state index contributed by atoms with van der Waals surface area (Å²) in [5.41, 5.74) is 0.577. The Bertz CT molecular complexity index is 469. The molecule has 1 aromatic heterocycles. The minimum absolute atomic E-state index is 0.0266. The lowest BCUT2D eigenvalue weighted by atomic mass is 9.99. The van der Waals surface area contributed by atoms with Crippen molar-refractivity contribution in [1.29, 1.82) is 0 Å². The minimum Gasteiger partial charge on any atom is -0.322 e. The molecule has 1 aliphatic heterocycles. The third kappa shape index (κ3) is 4.95. The van der Waals surface area contributed by atoms with E-state index in [0.29, 0.717) is 23.4 Å². The van der Waals surface area contributed by atoms with Crippen molar-refractivity contribution < 1.29 is 4.79 Å². The Morgan fingerprint density at radius 2 is 2.38 bits per heavy atom. The summed E-state index contributed by atoms with van der Waals surface area (Å²) in [4.78, 5) is 18.4. The maximum atomic E-state index is 12.2. The molecule has 0 radical (unpaired) electrons. The van der Waals surface area contributed by atoms with Crippen LogP contribution in [0.4, 0.5) is 5.69 Å². The molecule has 2 N–H and O–H groups in total. The van der Waals surface area contributed by atoms with E-state index in [1.54, 1.807) is 18.3 Å². The summed E-state index contributed by atoms with van der Waals surface area (Å²) >= 11 is 5.96. The zero-order valence-electron chi connectivity index (χ0n) is 12.4.